The first kappa shape index (κ1) is 13.4. The lowest BCUT2D eigenvalue weighted by molar-refractivity contribution is -0.148. The molecule has 1 aromatic rings. The van der Waals surface area contributed by atoms with Crippen LogP contribution in [0, 0.1) is 5.92 Å². The molecular formula is C13H18O4. The van der Waals surface area contributed by atoms with E-state index in [4.69, 9.17) is 14.2 Å². The fourth-order valence-corrected chi connectivity index (χ4v) is 1.26. The van der Waals surface area contributed by atoms with Crippen LogP contribution in [-0.2, 0) is 9.53 Å². The highest BCUT2D eigenvalue weighted by Gasteiger charge is 2.14. The maximum Gasteiger partial charge on any atom is 0.312 e. The van der Waals surface area contributed by atoms with Crippen molar-refractivity contribution in [2.75, 3.05) is 20.3 Å². The zero-order valence-electron chi connectivity index (χ0n) is 10.4. The molecular weight excluding hydrogens is 220 g/mol. The van der Waals surface area contributed by atoms with E-state index in [0.29, 0.717) is 19.0 Å². The van der Waals surface area contributed by atoms with Crippen LogP contribution in [0.15, 0.2) is 24.3 Å². The van der Waals surface area contributed by atoms with Crippen molar-refractivity contribution in [1.29, 1.82) is 0 Å². The van der Waals surface area contributed by atoms with Crippen LogP contribution in [0.1, 0.15) is 13.8 Å². The molecule has 4 nitrogen and oxygen atoms in total. The van der Waals surface area contributed by atoms with Crippen LogP contribution in [0.2, 0.25) is 0 Å². The van der Waals surface area contributed by atoms with Gasteiger partial charge in [0.05, 0.1) is 19.6 Å². The topological polar surface area (TPSA) is 44.8 Å². The minimum Gasteiger partial charge on any atom is -0.497 e. The summed E-state index contributed by atoms with van der Waals surface area (Å²) in [6.45, 7) is 4.25. The SMILES string of the molecule is CCOC(=O)C(C)COc1cccc(OC)c1. The molecule has 0 aliphatic rings. The summed E-state index contributed by atoms with van der Waals surface area (Å²) in [6.07, 6.45) is 0. The van der Waals surface area contributed by atoms with Gasteiger partial charge in [0.2, 0.25) is 0 Å². The first-order valence-corrected chi connectivity index (χ1v) is 5.60. The van der Waals surface area contributed by atoms with E-state index < -0.39 is 0 Å². The summed E-state index contributed by atoms with van der Waals surface area (Å²) in [5.74, 6) is 0.892. The van der Waals surface area contributed by atoms with E-state index >= 15 is 0 Å². The van der Waals surface area contributed by atoms with Crippen LogP contribution < -0.4 is 9.47 Å². The second-order valence-corrected chi connectivity index (χ2v) is 3.64. The lowest BCUT2D eigenvalue weighted by atomic mass is 10.2. The van der Waals surface area contributed by atoms with Gasteiger partial charge in [0.1, 0.15) is 18.1 Å². The van der Waals surface area contributed by atoms with Gasteiger partial charge < -0.3 is 14.2 Å². The Labute approximate surface area is 101 Å². The van der Waals surface area contributed by atoms with Gasteiger partial charge in [0, 0.05) is 6.07 Å². The van der Waals surface area contributed by atoms with Crippen LogP contribution in [0.4, 0.5) is 0 Å². The van der Waals surface area contributed by atoms with Crippen molar-refractivity contribution in [3.05, 3.63) is 24.3 Å². The molecule has 0 aromatic heterocycles. The highest BCUT2D eigenvalue weighted by Crippen LogP contribution is 2.19. The summed E-state index contributed by atoms with van der Waals surface area (Å²) in [5, 5.41) is 0. The molecule has 0 spiro atoms. The predicted octanol–water partition coefficient (Wildman–Crippen LogP) is 2.27. The van der Waals surface area contributed by atoms with Crippen LogP contribution >= 0.6 is 0 Å². The molecule has 1 aromatic carbocycles. The normalized spacial score (nSPS) is 11.7. The highest BCUT2D eigenvalue weighted by molar-refractivity contribution is 5.72. The fourth-order valence-electron chi connectivity index (χ4n) is 1.26. The maximum absolute atomic E-state index is 11.4. The standard InChI is InChI=1S/C13H18O4/c1-4-16-13(14)10(2)9-17-12-7-5-6-11(8-12)15-3/h5-8,10H,4,9H2,1-3H3. The van der Waals surface area contributed by atoms with E-state index in [1.807, 2.05) is 18.2 Å². The molecule has 1 rings (SSSR count). The van der Waals surface area contributed by atoms with E-state index in [2.05, 4.69) is 0 Å². The lowest BCUT2D eigenvalue weighted by Crippen LogP contribution is -2.21. The molecule has 0 aliphatic heterocycles. The Hall–Kier alpha value is -1.71. The molecule has 0 fully saturated rings. The van der Waals surface area contributed by atoms with Crippen LogP contribution in [-0.4, -0.2) is 26.3 Å². The summed E-state index contributed by atoms with van der Waals surface area (Å²) in [7, 11) is 1.60. The lowest BCUT2D eigenvalue weighted by Gasteiger charge is -2.12. The number of rotatable bonds is 6. The molecule has 0 N–H and O–H groups in total. The van der Waals surface area contributed by atoms with Gasteiger partial charge in [-0.25, -0.2) is 0 Å². The van der Waals surface area contributed by atoms with Gasteiger partial charge in [-0.1, -0.05) is 6.07 Å². The number of benzene rings is 1. The van der Waals surface area contributed by atoms with Crippen molar-refractivity contribution in [2.24, 2.45) is 5.92 Å². The van der Waals surface area contributed by atoms with Gasteiger partial charge in [0.25, 0.3) is 0 Å². The quantitative estimate of drug-likeness (QED) is 0.713. The minimum atomic E-state index is -0.277. The Morgan fingerprint density at radius 3 is 2.71 bits per heavy atom. The molecule has 1 atom stereocenters. The van der Waals surface area contributed by atoms with Crippen molar-refractivity contribution < 1.29 is 19.0 Å². The minimum absolute atomic E-state index is 0.240. The molecule has 0 heterocycles. The second-order valence-electron chi connectivity index (χ2n) is 3.64. The van der Waals surface area contributed by atoms with Crippen molar-refractivity contribution in [3.8, 4) is 11.5 Å². The number of hydrogen-bond acceptors (Lipinski definition) is 4. The Kier molecular flexibility index (Phi) is 5.33. The molecule has 94 valence electrons. The van der Waals surface area contributed by atoms with Gasteiger partial charge in [-0.2, -0.15) is 0 Å². The van der Waals surface area contributed by atoms with Gasteiger partial charge in [0.15, 0.2) is 0 Å². The Balaban J connectivity index is 2.46. The second kappa shape index (κ2) is 6.78. The number of esters is 1. The summed E-state index contributed by atoms with van der Waals surface area (Å²) in [5.41, 5.74) is 0. The Morgan fingerprint density at radius 2 is 2.06 bits per heavy atom. The van der Waals surface area contributed by atoms with E-state index in [1.54, 1.807) is 27.0 Å². The van der Waals surface area contributed by atoms with Crippen molar-refractivity contribution in [2.45, 2.75) is 13.8 Å². The summed E-state index contributed by atoms with van der Waals surface area (Å²) in [4.78, 5) is 11.4. The molecule has 0 aliphatic carbocycles. The first-order valence-electron chi connectivity index (χ1n) is 5.60. The number of carbonyl (C=O) groups is 1. The molecule has 0 amide bonds. The maximum atomic E-state index is 11.4. The van der Waals surface area contributed by atoms with Crippen molar-refractivity contribution in [3.63, 3.8) is 0 Å². The molecule has 0 saturated carbocycles. The van der Waals surface area contributed by atoms with Gasteiger partial charge in [-0.15, -0.1) is 0 Å². The summed E-state index contributed by atoms with van der Waals surface area (Å²) < 4.78 is 15.5. The smallest absolute Gasteiger partial charge is 0.312 e. The van der Waals surface area contributed by atoms with Crippen molar-refractivity contribution >= 4 is 5.97 Å². The van der Waals surface area contributed by atoms with E-state index in [9.17, 15) is 4.79 Å². The first-order chi connectivity index (χ1) is 8.17. The molecule has 0 radical (unpaired) electrons. The van der Waals surface area contributed by atoms with E-state index in [-0.39, 0.29) is 11.9 Å². The summed E-state index contributed by atoms with van der Waals surface area (Å²) in [6, 6.07) is 7.27. The largest absolute Gasteiger partial charge is 0.497 e. The summed E-state index contributed by atoms with van der Waals surface area (Å²) >= 11 is 0. The Bertz CT molecular complexity index is 362. The third kappa shape index (κ3) is 4.34. The van der Waals surface area contributed by atoms with Crippen LogP contribution in [0.25, 0.3) is 0 Å². The molecule has 17 heavy (non-hydrogen) atoms. The number of carbonyl (C=O) groups excluding carboxylic acids is 1. The predicted molar refractivity (Wildman–Crippen MR) is 64.3 cm³/mol. The molecule has 0 saturated heterocycles. The third-order valence-corrected chi connectivity index (χ3v) is 2.23. The van der Waals surface area contributed by atoms with E-state index in [1.165, 1.54) is 0 Å². The van der Waals surface area contributed by atoms with Gasteiger partial charge >= 0.3 is 5.97 Å². The number of methoxy groups -OCH3 is 1. The fraction of sp³-hybridized carbons (Fsp3) is 0.462. The Morgan fingerprint density at radius 1 is 1.35 bits per heavy atom. The average molecular weight is 238 g/mol. The van der Waals surface area contributed by atoms with Gasteiger partial charge in [-0.3, -0.25) is 4.79 Å². The number of hydrogen-bond donors (Lipinski definition) is 0. The van der Waals surface area contributed by atoms with Gasteiger partial charge in [-0.05, 0) is 26.0 Å². The van der Waals surface area contributed by atoms with Crippen molar-refractivity contribution in [1.82, 2.24) is 0 Å². The molecule has 0 bridgehead atoms. The zero-order chi connectivity index (χ0) is 12.7. The highest BCUT2D eigenvalue weighted by atomic mass is 16.5. The van der Waals surface area contributed by atoms with Crippen LogP contribution in [0.5, 0.6) is 11.5 Å². The van der Waals surface area contributed by atoms with Crippen LogP contribution in [0.3, 0.4) is 0 Å². The molecule has 4 heteroatoms. The van der Waals surface area contributed by atoms with E-state index in [0.717, 1.165) is 5.75 Å². The average Bonchev–Trinajstić information content (AvgIpc) is 2.36. The number of ether oxygens (including phenoxy) is 3. The third-order valence-electron chi connectivity index (χ3n) is 2.23. The monoisotopic (exact) mass is 238 g/mol. The molecule has 1 unspecified atom stereocenters. The zero-order valence-corrected chi connectivity index (χ0v) is 10.4.